The van der Waals surface area contributed by atoms with E-state index in [4.69, 9.17) is 4.74 Å². The van der Waals surface area contributed by atoms with Crippen molar-refractivity contribution >= 4 is 5.91 Å². The Labute approximate surface area is 127 Å². The van der Waals surface area contributed by atoms with Crippen molar-refractivity contribution in [2.45, 2.75) is 20.0 Å². The number of ether oxygens (including phenoxy) is 1. The fourth-order valence-electron chi connectivity index (χ4n) is 2.10. The van der Waals surface area contributed by atoms with Crippen LogP contribution in [-0.2, 0) is 6.54 Å². The number of alkyl halides is 2. The summed E-state index contributed by atoms with van der Waals surface area (Å²) in [5.41, 5.74) is 1.34. The number of carbonyl (C=O) groups excluding carboxylic acids is 1. The van der Waals surface area contributed by atoms with Gasteiger partial charge in [-0.25, -0.2) is 4.98 Å². The first kappa shape index (κ1) is 15.9. The maximum Gasteiger partial charge on any atom is 0.319 e. The van der Waals surface area contributed by atoms with Crippen LogP contribution in [0.25, 0.3) is 0 Å². The highest BCUT2D eigenvalue weighted by atomic mass is 19.3. The lowest BCUT2D eigenvalue weighted by Gasteiger charge is -2.18. The minimum absolute atomic E-state index is 0.00757. The second kappa shape index (κ2) is 6.55. The molecule has 0 N–H and O–H groups in total. The number of methoxy groups -OCH3 is 1. The molecule has 2 aromatic rings. The number of amides is 1. The molecule has 1 aromatic heterocycles. The number of hydrogen-bond acceptors (Lipinski definition) is 3. The smallest absolute Gasteiger partial charge is 0.319 e. The van der Waals surface area contributed by atoms with Crippen LogP contribution < -0.4 is 4.74 Å². The van der Waals surface area contributed by atoms with Crippen LogP contribution in [0.1, 0.15) is 28.3 Å². The summed E-state index contributed by atoms with van der Waals surface area (Å²) >= 11 is 0. The van der Waals surface area contributed by atoms with Crippen LogP contribution in [0.5, 0.6) is 5.75 Å². The Morgan fingerprint density at radius 2 is 2.18 bits per heavy atom. The lowest BCUT2D eigenvalue weighted by molar-refractivity contribution is 0.0612. The fraction of sp³-hybridized carbons (Fsp3) is 0.333. The van der Waals surface area contributed by atoms with E-state index in [9.17, 15) is 13.6 Å². The summed E-state index contributed by atoms with van der Waals surface area (Å²) in [5.74, 6) is 0.445. The molecule has 0 aliphatic carbocycles. The largest absolute Gasteiger partial charge is 0.496 e. The molecular weight excluding hydrogens is 292 g/mol. The van der Waals surface area contributed by atoms with E-state index in [0.29, 0.717) is 11.3 Å². The van der Waals surface area contributed by atoms with Crippen LogP contribution in [0.15, 0.2) is 30.6 Å². The quantitative estimate of drug-likeness (QED) is 0.853. The molecule has 7 heteroatoms. The van der Waals surface area contributed by atoms with Gasteiger partial charge in [-0.2, -0.15) is 8.78 Å². The number of hydrogen-bond donors (Lipinski definition) is 0. The van der Waals surface area contributed by atoms with Crippen molar-refractivity contribution in [3.8, 4) is 5.75 Å². The minimum Gasteiger partial charge on any atom is -0.496 e. The highest BCUT2D eigenvalue weighted by molar-refractivity contribution is 5.94. The van der Waals surface area contributed by atoms with E-state index in [1.165, 1.54) is 24.4 Å². The second-order valence-electron chi connectivity index (χ2n) is 4.87. The molecule has 22 heavy (non-hydrogen) atoms. The van der Waals surface area contributed by atoms with E-state index in [1.807, 2.05) is 6.92 Å². The van der Waals surface area contributed by atoms with Crippen molar-refractivity contribution in [2.24, 2.45) is 0 Å². The van der Waals surface area contributed by atoms with E-state index >= 15 is 0 Å². The molecule has 0 saturated heterocycles. The summed E-state index contributed by atoms with van der Waals surface area (Å²) in [6, 6.07) is 5.09. The minimum atomic E-state index is -2.68. The molecule has 1 amide bonds. The van der Waals surface area contributed by atoms with Gasteiger partial charge in [0.05, 0.1) is 13.7 Å². The van der Waals surface area contributed by atoms with Gasteiger partial charge in [-0.15, -0.1) is 0 Å². The summed E-state index contributed by atoms with van der Waals surface area (Å²) in [6.07, 6.45) is 2.47. The zero-order chi connectivity index (χ0) is 16.3. The van der Waals surface area contributed by atoms with Crippen LogP contribution in [-0.4, -0.2) is 34.5 Å². The van der Waals surface area contributed by atoms with E-state index in [0.717, 1.165) is 10.1 Å². The van der Waals surface area contributed by atoms with E-state index in [2.05, 4.69) is 4.98 Å². The van der Waals surface area contributed by atoms with Gasteiger partial charge in [-0.05, 0) is 24.6 Å². The summed E-state index contributed by atoms with van der Waals surface area (Å²) < 4.78 is 31.5. The third-order valence-corrected chi connectivity index (χ3v) is 3.34. The first-order valence-electron chi connectivity index (χ1n) is 6.64. The molecule has 5 nitrogen and oxygen atoms in total. The van der Waals surface area contributed by atoms with E-state index in [1.54, 1.807) is 25.2 Å². The molecule has 1 aromatic carbocycles. The zero-order valence-corrected chi connectivity index (χ0v) is 12.6. The summed E-state index contributed by atoms with van der Waals surface area (Å²) in [7, 11) is 3.07. The Morgan fingerprint density at radius 1 is 1.45 bits per heavy atom. The lowest BCUT2D eigenvalue weighted by Crippen LogP contribution is -2.28. The van der Waals surface area contributed by atoms with Crippen LogP contribution in [0.3, 0.4) is 0 Å². The lowest BCUT2D eigenvalue weighted by atomic mass is 10.1. The number of aryl methyl sites for hydroxylation is 1. The maximum absolute atomic E-state index is 12.8. The Balaban J connectivity index is 2.17. The Hall–Kier alpha value is -2.44. The number of benzene rings is 1. The molecule has 0 fully saturated rings. The number of aromatic nitrogens is 2. The van der Waals surface area contributed by atoms with Crippen molar-refractivity contribution in [1.82, 2.24) is 14.5 Å². The molecule has 0 saturated carbocycles. The first-order valence-corrected chi connectivity index (χ1v) is 6.64. The van der Waals surface area contributed by atoms with E-state index in [-0.39, 0.29) is 18.3 Å². The average molecular weight is 309 g/mol. The third-order valence-electron chi connectivity index (χ3n) is 3.34. The van der Waals surface area contributed by atoms with Gasteiger partial charge in [0.2, 0.25) is 0 Å². The Kier molecular flexibility index (Phi) is 4.75. The van der Waals surface area contributed by atoms with Crippen molar-refractivity contribution in [3.05, 3.63) is 47.5 Å². The standard InChI is InChI=1S/C15H17F2N3O2/c1-10-4-5-11(8-12(10)22-3)14(21)19(2)9-13-18-6-7-20(13)15(16)17/h4-8,15H,9H2,1-3H3. The molecule has 0 aliphatic rings. The molecule has 0 radical (unpaired) electrons. The number of imidazole rings is 1. The van der Waals surface area contributed by atoms with Gasteiger partial charge >= 0.3 is 6.55 Å². The number of carbonyl (C=O) groups is 1. The van der Waals surface area contributed by atoms with Gasteiger partial charge in [0, 0.05) is 25.0 Å². The Morgan fingerprint density at radius 3 is 2.82 bits per heavy atom. The predicted octanol–water partition coefficient (Wildman–Crippen LogP) is 2.87. The molecule has 0 bridgehead atoms. The number of rotatable bonds is 5. The predicted molar refractivity (Wildman–Crippen MR) is 77.0 cm³/mol. The fourth-order valence-corrected chi connectivity index (χ4v) is 2.10. The molecular formula is C15H17F2N3O2. The maximum atomic E-state index is 12.8. The van der Waals surface area contributed by atoms with Crippen LogP contribution in [0.2, 0.25) is 0 Å². The Bertz CT molecular complexity index is 671. The van der Waals surface area contributed by atoms with Gasteiger partial charge in [0.25, 0.3) is 5.91 Å². The number of nitrogens with zero attached hydrogens (tertiary/aromatic N) is 3. The molecule has 2 rings (SSSR count). The van der Waals surface area contributed by atoms with Crippen molar-refractivity contribution in [3.63, 3.8) is 0 Å². The van der Waals surface area contributed by atoms with Crippen LogP contribution in [0.4, 0.5) is 8.78 Å². The molecule has 0 unspecified atom stereocenters. The summed E-state index contributed by atoms with van der Waals surface area (Å²) in [4.78, 5) is 17.6. The van der Waals surface area contributed by atoms with Gasteiger partial charge < -0.3 is 9.64 Å². The average Bonchev–Trinajstić information content (AvgIpc) is 2.95. The zero-order valence-electron chi connectivity index (χ0n) is 12.6. The molecule has 0 spiro atoms. The molecule has 1 heterocycles. The van der Waals surface area contributed by atoms with Crippen molar-refractivity contribution in [2.75, 3.05) is 14.2 Å². The highest BCUT2D eigenvalue weighted by Crippen LogP contribution is 2.20. The molecule has 0 atom stereocenters. The summed E-state index contributed by atoms with van der Waals surface area (Å²) in [5, 5.41) is 0. The summed E-state index contributed by atoms with van der Waals surface area (Å²) in [6.45, 7) is -0.816. The van der Waals surface area contributed by atoms with Gasteiger partial charge in [0.1, 0.15) is 11.6 Å². The molecule has 0 aliphatic heterocycles. The van der Waals surface area contributed by atoms with Gasteiger partial charge in [0.15, 0.2) is 0 Å². The highest BCUT2D eigenvalue weighted by Gasteiger charge is 2.18. The van der Waals surface area contributed by atoms with Gasteiger partial charge in [-0.1, -0.05) is 6.07 Å². The topological polar surface area (TPSA) is 47.4 Å². The monoisotopic (exact) mass is 309 g/mol. The first-order chi connectivity index (χ1) is 10.4. The van der Waals surface area contributed by atoms with Crippen LogP contribution in [0, 0.1) is 6.92 Å². The third kappa shape index (κ3) is 3.24. The van der Waals surface area contributed by atoms with E-state index < -0.39 is 6.55 Å². The van der Waals surface area contributed by atoms with Crippen LogP contribution >= 0.6 is 0 Å². The number of halogens is 2. The van der Waals surface area contributed by atoms with Crippen molar-refractivity contribution in [1.29, 1.82) is 0 Å². The molecule has 118 valence electrons. The normalized spacial score (nSPS) is 10.8. The SMILES string of the molecule is COc1cc(C(=O)N(C)Cc2nccn2C(F)F)ccc1C. The second-order valence-corrected chi connectivity index (χ2v) is 4.87. The van der Waals surface area contributed by atoms with Crippen molar-refractivity contribution < 1.29 is 18.3 Å². The van der Waals surface area contributed by atoms with Gasteiger partial charge in [-0.3, -0.25) is 9.36 Å².